The maximum Gasteiger partial charge on any atom is 0.410 e. The fraction of sp³-hybridized carbons (Fsp3) is 0.444. The number of ether oxygens (including phenoxy) is 3. The lowest BCUT2D eigenvalue weighted by Crippen LogP contribution is -2.47. The van der Waals surface area contributed by atoms with E-state index in [0.717, 1.165) is 42.0 Å². The van der Waals surface area contributed by atoms with Crippen molar-refractivity contribution < 1.29 is 27.4 Å². The van der Waals surface area contributed by atoms with Crippen molar-refractivity contribution in [1.29, 1.82) is 0 Å². The Bertz CT molecular complexity index is 1910. The maximum atomic E-state index is 13.2. The van der Waals surface area contributed by atoms with E-state index in [9.17, 15) is 13.2 Å². The molecule has 2 aliphatic heterocycles. The van der Waals surface area contributed by atoms with Crippen LogP contribution in [0.5, 0.6) is 11.6 Å². The number of amides is 1. The number of aromatic nitrogens is 3. The molecule has 2 N–H and O–H groups in total. The van der Waals surface area contributed by atoms with Crippen LogP contribution in [0.15, 0.2) is 60.9 Å². The van der Waals surface area contributed by atoms with Crippen LogP contribution < -0.4 is 14.8 Å². The molecule has 0 spiro atoms. The molecule has 2 aliphatic rings. The summed E-state index contributed by atoms with van der Waals surface area (Å²) in [6, 6.07) is 14.8. The molecular weight excluding hydrogens is 644 g/mol. The molecule has 2 aromatic heterocycles. The van der Waals surface area contributed by atoms with Gasteiger partial charge in [0.2, 0.25) is 21.9 Å². The predicted octanol–water partition coefficient (Wildman–Crippen LogP) is 6.77. The quantitative estimate of drug-likeness (QED) is 0.193. The topological polar surface area (TPSA) is 145 Å². The lowest BCUT2D eigenvalue weighted by Gasteiger charge is -2.34. The van der Waals surface area contributed by atoms with Crippen LogP contribution >= 0.6 is 0 Å². The van der Waals surface area contributed by atoms with Crippen LogP contribution in [0.1, 0.15) is 52.0 Å². The van der Waals surface area contributed by atoms with Gasteiger partial charge in [-0.05, 0) is 89.1 Å². The number of rotatable bonds is 9. The third-order valence-electron chi connectivity index (χ3n) is 8.58. The number of fused-ring (bicyclic) bond motifs is 1. The van der Waals surface area contributed by atoms with Gasteiger partial charge in [-0.3, -0.25) is 4.72 Å². The summed E-state index contributed by atoms with van der Waals surface area (Å²) < 4.78 is 46.7. The molecule has 13 heteroatoms. The molecule has 0 aliphatic carbocycles. The first-order chi connectivity index (χ1) is 23.4. The minimum atomic E-state index is -3.58. The number of nitrogens with zero attached hydrogens (tertiary/aromatic N) is 4. The smallest absolute Gasteiger partial charge is 0.410 e. The Labute approximate surface area is 287 Å². The molecule has 12 nitrogen and oxygen atoms in total. The van der Waals surface area contributed by atoms with E-state index in [-0.39, 0.29) is 23.8 Å². The van der Waals surface area contributed by atoms with Crippen molar-refractivity contribution in [2.75, 3.05) is 42.1 Å². The normalized spacial score (nSPS) is 17.5. The summed E-state index contributed by atoms with van der Waals surface area (Å²) in [5, 5.41) is 4.87. The number of carbonyl (C=O) groups is 1. The number of hydrogen-bond donors (Lipinski definition) is 2. The second-order valence-electron chi connectivity index (χ2n) is 13.7. The van der Waals surface area contributed by atoms with Crippen molar-refractivity contribution in [2.45, 2.75) is 65.0 Å². The Kier molecular flexibility index (Phi) is 10.2. The summed E-state index contributed by atoms with van der Waals surface area (Å²) in [5.74, 6) is 1.47. The van der Waals surface area contributed by atoms with E-state index in [1.54, 1.807) is 29.4 Å². The van der Waals surface area contributed by atoms with E-state index < -0.39 is 15.6 Å². The molecule has 2 fully saturated rings. The third-order valence-corrected chi connectivity index (χ3v) is 10.0. The Morgan fingerprint density at radius 2 is 1.82 bits per heavy atom. The molecule has 260 valence electrons. The minimum absolute atomic E-state index is 0.0391. The van der Waals surface area contributed by atoms with Gasteiger partial charge in [0.25, 0.3) is 0 Å². The number of aryl methyl sites for hydroxylation is 1. The van der Waals surface area contributed by atoms with E-state index in [0.29, 0.717) is 60.8 Å². The largest absolute Gasteiger partial charge is 0.444 e. The van der Waals surface area contributed by atoms with Gasteiger partial charge in [0.05, 0.1) is 22.7 Å². The zero-order chi connectivity index (χ0) is 34.6. The number of benzene rings is 2. The number of sulfonamides is 1. The monoisotopic (exact) mass is 688 g/mol. The summed E-state index contributed by atoms with van der Waals surface area (Å²) in [6.45, 7) is 9.83. The lowest BCUT2D eigenvalue weighted by molar-refractivity contribution is 0.0206. The molecule has 1 atom stereocenters. The number of pyridine rings is 1. The summed E-state index contributed by atoms with van der Waals surface area (Å²) in [7, 11) is -3.58. The average molecular weight is 689 g/mol. The third kappa shape index (κ3) is 8.76. The predicted molar refractivity (Wildman–Crippen MR) is 189 cm³/mol. The minimum Gasteiger partial charge on any atom is -0.444 e. The number of nitrogens with one attached hydrogen (secondary N) is 2. The lowest BCUT2D eigenvalue weighted by atomic mass is 10.0. The molecule has 0 saturated carbocycles. The van der Waals surface area contributed by atoms with Gasteiger partial charge in [-0.15, -0.1) is 0 Å². The van der Waals surface area contributed by atoms with E-state index >= 15 is 0 Å². The van der Waals surface area contributed by atoms with Crippen LogP contribution in [0.3, 0.4) is 0 Å². The zero-order valence-corrected chi connectivity index (χ0v) is 29.3. The Morgan fingerprint density at radius 3 is 2.61 bits per heavy atom. The highest BCUT2D eigenvalue weighted by Crippen LogP contribution is 2.39. The average Bonchev–Trinajstić information content (AvgIpc) is 3.06. The molecule has 4 aromatic rings. The van der Waals surface area contributed by atoms with Gasteiger partial charge in [0, 0.05) is 55.5 Å². The van der Waals surface area contributed by atoms with Gasteiger partial charge in [0.1, 0.15) is 11.4 Å². The zero-order valence-electron chi connectivity index (χ0n) is 28.4. The van der Waals surface area contributed by atoms with E-state index in [1.165, 1.54) is 0 Å². The van der Waals surface area contributed by atoms with Gasteiger partial charge < -0.3 is 24.4 Å². The summed E-state index contributed by atoms with van der Waals surface area (Å²) in [6.07, 6.45) is 6.17. The van der Waals surface area contributed by atoms with E-state index in [1.807, 2.05) is 64.1 Å². The Balaban J connectivity index is 1.22. The number of carbonyl (C=O) groups excluding carboxylic acids is 1. The van der Waals surface area contributed by atoms with Crippen LogP contribution in [-0.2, 0) is 19.5 Å². The van der Waals surface area contributed by atoms with E-state index in [2.05, 4.69) is 20.0 Å². The first-order valence-corrected chi connectivity index (χ1v) is 18.4. The molecule has 6 rings (SSSR count). The Morgan fingerprint density at radius 1 is 1.00 bits per heavy atom. The maximum absolute atomic E-state index is 13.2. The molecule has 0 bridgehead atoms. The van der Waals surface area contributed by atoms with Crippen LogP contribution in [0, 0.1) is 12.8 Å². The highest BCUT2D eigenvalue weighted by molar-refractivity contribution is 7.92. The second kappa shape index (κ2) is 14.6. The molecule has 4 heterocycles. The van der Waals surface area contributed by atoms with Gasteiger partial charge in [0.15, 0.2) is 0 Å². The molecule has 0 unspecified atom stereocenters. The van der Waals surface area contributed by atoms with Gasteiger partial charge in [-0.25, -0.2) is 28.2 Å². The molecule has 2 saturated heterocycles. The van der Waals surface area contributed by atoms with Gasteiger partial charge in [-0.1, -0.05) is 24.3 Å². The number of likely N-dealkylation sites (tertiary alicyclic amines) is 1. The molecular formula is C36H44N6O6S. The first kappa shape index (κ1) is 34.4. The van der Waals surface area contributed by atoms with Crippen LogP contribution in [0.2, 0.25) is 0 Å². The first-order valence-electron chi connectivity index (χ1n) is 16.8. The van der Waals surface area contributed by atoms with Crippen molar-refractivity contribution in [2.24, 2.45) is 5.92 Å². The summed E-state index contributed by atoms with van der Waals surface area (Å²) in [4.78, 5) is 28.2. The number of hydrogen-bond acceptors (Lipinski definition) is 10. The van der Waals surface area contributed by atoms with E-state index in [4.69, 9.17) is 19.2 Å². The highest BCUT2D eigenvalue weighted by Gasteiger charge is 2.28. The Hall–Kier alpha value is -4.49. The van der Waals surface area contributed by atoms with Crippen molar-refractivity contribution in [3.8, 4) is 22.9 Å². The molecule has 2 aromatic carbocycles. The SMILES string of the molecule is Cc1ccc2c(NS(=O)(=O)CC3CCOCC3)cccc2c1Oc1ncccc1-c1ccnc(N[C@H]2CCCN(C(=O)OC(C)(C)C)C2)n1. The molecule has 1 amide bonds. The van der Waals surface area contributed by atoms with Crippen LogP contribution in [-0.4, -0.2) is 78.1 Å². The standard InChI is InChI=1S/C36H44N6O6S/c1-24-12-13-27-28(9-5-11-31(27)41-49(44,45)23-25-15-20-46-21-16-25)32(24)47-33-29(10-6-17-37-33)30-14-18-38-34(40-30)39-26-8-7-19-42(22-26)35(43)48-36(2,3)4/h5-6,9-14,17-18,25-26,41H,7-8,15-16,19-23H2,1-4H3,(H,38,39,40)/t26-/m0/s1. The van der Waals surface area contributed by atoms with Gasteiger partial charge >= 0.3 is 6.09 Å². The van der Waals surface area contributed by atoms with Gasteiger partial charge in [-0.2, -0.15) is 0 Å². The highest BCUT2D eigenvalue weighted by atomic mass is 32.2. The van der Waals surface area contributed by atoms with Crippen LogP contribution in [0.25, 0.3) is 22.0 Å². The van der Waals surface area contributed by atoms with Crippen molar-refractivity contribution in [3.63, 3.8) is 0 Å². The summed E-state index contributed by atoms with van der Waals surface area (Å²) in [5.41, 5.74) is 2.07. The number of piperidine rings is 1. The second-order valence-corrected chi connectivity index (χ2v) is 15.5. The van der Waals surface area contributed by atoms with Crippen LogP contribution in [0.4, 0.5) is 16.4 Å². The molecule has 49 heavy (non-hydrogen) atoms. The van der Waals surface area contributed by atoms with Crippen molar-refractivity contribution >= 4 is 38.5 Å². The number of anilines is 2. The summed E-state index contributed by atoms with van der Waals surface area (Å²) >= 11 is 0. The fourth-order valence-corrected chi connectivity index (χ4v) is 7.76. The fourth-order valence-electron chi connectivity index (χ4n) is 6.21. The molecule has 0 radical (unpaired) electrons. The van der Waals surface area contributed by atoms with Crippen molar-refractivity contribution in [1.82, 2.24) is 19.9 Å². The van der Waals surface area contributed by atoms with Crippen molar-refractivity contribution in [3.05, 3.63) is 66.5 Å².